The van der Waals surface area contributed by atoms with E-state index in [-0.39, 0.29) is 5.75 Å². The molecule has 0 aliphatic rings. The van der Waals surface area contributed by atoms with Crippen LogP contribution in [0.1, 0.15) is 5.56 Å². The van der Waals surface area contributed by atoms with E-state index in [2.05, 4.69) is 34.0 Å². The van der Waals surface area contributed by atoms with Crippen LogP contribution in [0, 0.1) is 3.57 Å². The lowest BCUT2D eigenvalue weighted by Gasteiger charge is -2.09. The monoisotopic (exact) mass is 355 g/mol. The summed E-state index contributed by atoms with van der Waals surface area (Å²) in [6, 6.07) is 13.4. The molecule has 3 nitrogen and oxygen atoms in total. The van der Waals surface area contributed by atoms with Gasteiger partial charge in [-0.3, -0.25) is 0 Å². The summed E-state index contributed by atoms with van der Waals surface area (Å²) >= 11 is 2.27. The Morgan fingerprint density at radius 1 is 1.22 bits per heavy atom. The Balaban J connectivity index is 2.06. The summed E-state index contributed by atoms with van der Waals surface area (Å²) < 4.78 is 6.22. The van der Waals surface area contributed by atoms with Crippen molar-refractivity contribution in [1.82, 2.24) is 0 Å². The van der Waals surface area contributed by atoms with Gasteiger partial charge >= 0.3 is 0 Å². The summed E-state index contributed by atoms with van der Waals surface area (Å²) in [6.07, 6.45) is 0. The van der Waals surface area contributed by atoms with Crippen molar-refractivity contribution in [2.75, 3.05) is 12.4 Å². The summed E-state index contributed by atoms with van der Waals surface area (Å²) in [5, 5.41) is 13.1. The Morgan fingerprint density at radius 3 is 2.72 bits per heavy atom. The molecule has 0 bridgehead atoms. The number of anilines is 1. The number of aromatic hydroxyl groups is 1. The van der Waals surface area contributed by atoms with Gasteiger partial charge in [-0.05, 0) is 52.9 Å². The van der Waals surface area contributed by atoms with Crippen LogP contribution in [0.2, 0.25) is 0 Å². The number of phenols is 1. The standard InChI is InChI=1S/C14H14INO2/c1-18-13-6-5-10(14(17)8-13)9-16-12-4-2-3-11(15)7-12/h2-8,16-17H,9H2,1H3. The molecule has 0 heterocycles. The number of ether oxygens (including phenoxy) is 1. The van der Waals surface area contributed by atoms with Crippen molar-refractivity contribution < 1.29 is 9.84 Å². The molecule has 94 valence electrons. The SMILES string of the molecule is COc1ccc(CNc2cccc(I)c2)c(O)c1. The third kappa shape index (κ3) is 3.29. The van der Waals surface area contributed by atoms with E-state index in [1.807, 2.05) is 30.3 Å². The highest BCUT2D eigenvalue weighted by Gasteiger charge is 2.03. The molecule has 0 atom stereocenters. The maximum absolute atomic E-state index is 9.83. The lowest BCUT2D eigenvalue weighted by molar-refractivity contribution is 0.406. The minimum atomic E-state index is 0.243. The van der Waals surface area contributed by atoms with Gasteiger partial charge in [-0.15, -0.1) is 0 Å². The zero-order chi connectivity index (χ0) is 13.0. The smallest absolute Gasteiger partial charge is 0.124 e. The fourth-order valence-corrected chi connectivity index (χ4v) is 2.16. The molecule has 0 radical (unpaired) electrons. The number of nitrogens with one attached hydrogen (secondary N) is 1. The maximum Gasteiger partial charge on any atom is 0.124 e. The van der Waals surface area contributed by atoms with Crippen LogP contribution in [0.25, 0.3) is 0 Å². The minimum absolute atomic E-state index is 0.243. The van der Waals surface area contributed by atoms with E-state index in [1.54, 1.807) is 13.2 Å². The van der Waals surface area contributed by atoms with Gasteiger partial charge in [-0.2, -0.15) is 0 Å². The van der Waals surface area contributed by atoms with Crippen LogP contribution in [0.15, 0.2) is 42.5 Å². The van der Waals surface area contributed by atoms with E-state index in [9.17, 15) is 5.11 Å². The minimum Gasteiger partial charge on any atom is -0.507 e. The molecule has 0 aliphatic heterocycles. The Labute approximate surface area is 120 Å². The van der Waals surface area contributed by atoms with Crippen molar-refractivity contribution in [3.8, 4) is 11.5 Å². The number of methoxy groups -OCH3 is 1. The molecule has 2 rings (SSSR count). The van der Waals surface area contributed by atoms with Crippen LogP contribution >= 0.6 is 22.6 Å². The van der Waals surface area contributed by atoms with E-state index in [4.69, 9.17) is 4.74 Å². The van der Waals surface area contributed by atoms with Gasteiger partial charge in [0.2, 0.25) is 0 Å². The first kappa shape index (κ1) is 13.0. The fraction of sp³-hybridized carbons (Fsp3) is 0.143. The molecule has 2 aromatic rings. The normalized spacial score (nSPS) is 10.1. The van der Waals surface area contributed by atoms with Crippen molar-refractivity contribution in [3.05, 3.63) is 51.6 Å². The van der Waals surface area contributed by atoms with E-state index >= 15 is 0 Å². The van der Waals surface area contributed by atoms with E-state index in [0.29, 0.717) is 12.3 Å². The third-order valence-electron chi connectivity index (χ3n) is 2.60. The summed E-state index contributed by atoms with van der Waals surface area (Å²) in [4.78, 5) is 0. The van der Waals surface area contributed by atoms with Crippen LogP contribution in [-0.4, -0.2) is 12.2 Å². The van der Waals surface area contributed by atoms with Gasteiger partial charge in [0, 0.05) is 27.4 Å². The Bertz CT molecular complexity index is 543. The zero-order valence-electron chi connectivity index (χ0n) is 9.98. The van der Waals surface area contributed by atoms with Crippen molar-refractivity contribution in [1.29, 1.82) is 0 Å². The van der Waals surface area contributed by atoms with Gasteiger partial charge in [-0.1, -0.05) is 6.07 Å². The van der Waals surface area contributed by atoms with Gasteiger partial charge in [-0.25, -0.2) is 0 Å². The molecule has 0 aliphatic carbocycles. The summed E-state index contributed by atoms with van der Waals surface area (Å²) in [6.45, 7) is 0.579. The molecule has 0 amide bonds. The van der Waals surface area contributed by atoms with Gasteiger partial charge in [0.05, 0.1) is 7.11 Å². The van der Waals surface area contributed by atoms with Crippen LogP contribution in [0.5, 0.6) is 11.5 Å². The quantitative estimate of drug-likeness (QED) is 0.824. The molecule has 0 saturated carbocycles. The molecular weight excluding hydrogens is 341 g/mol. The first-order chi connectivity index (χ1) is 8.69. The largest absolute Gasteiger partial charge is 0.507 e. The molecule has 0 spiro atoms. The number of rotatable bonds is 4. The summed E-state index contributed by atoms with van der Waals surface area (Å²) in [7, 11) is 1.58. The van der Waals surface area contributed by atoms with E-state index in [1.165, 1.54) is 3.57 Å². The number of benzene rings is 2. The van der Waals surface area contributed by atoms with E-state index in [0.717, 1.165) is 11.3 Å². The van der Waals surface area contributed by atoms with Crippen molar-refractivity contribution in [2.24, 2.45) is 0 Å². The second-order valence-corrected chi connectivity index (χ2v) is 5.10. The average molecular weight is 355 g/mol. The van der Waals surface area contributed by atoms with Gasteiger partial charge in [0.25, 0.3) is 0 Å². The van der Waals surface area contributed by atoms with Crippen LogP contribution in [-0.2, 0) is 6.54 Å². The molecule has 0 saturated heterocycles. The molecule has 0 aromatic heterocycles. The predicted octanol–water partition coefficient (Wildman–Crippen LogP) is 3.62. The molecular formula is C14H14INO2. The van der Waals surface area contributed by atoms with Crippen molar-refractivity contribution in [2.45, 2.75) is 6.54 Å². The Kier molecular flexibility index (Phi) is 4.30. The second kappa shape index (κ2) is 5.95. The van der Waals surface area contributed by atoms with Crippen molar-refractivity contribution >= 4 is 28.3 Å². The lowest BCUT2D eigenvalue weighted by Crippen LogP contribution is -2.00. The van der Waals surface area contributed by atoms with Gasteiger partial charge in [0.1, 0.15) is 11.5 Å². The fourth-order valence-electron chi connectivity index (χ4n) is 1.62. The Hall–Kier alpha value is -1.43. The maximum atomic E-state index is 9.83. The van der Waals surface area contributed by atoms with Gasteiger partial charge in [0.15, 0.2) is 0 Å². The highest BCUT2D eigenvalue weighted by molar-refractivity contribution is 14.1. The molecule has 2 N–H and O–H groups in total. The molecule has 0 unspecified atom stereocenters. The van der Waals surface area contributed by atoms with Gasteiger partial charge < -0.3 is 15.2 Å². The summed E-state index contributed by atoms with van der Waals surface area (Å²) in [5.41, 5.74) is 1.88. The van der Waals surface area contributed by atoms with Crippen LogP contribution in [0.4, 0.5) is 5.69 Å². The molecule has 18 heavy (non-hydrogen) atoms. The number of phenolic OH excluding ortho intramolecular Hbond substituents is 1. The van der Waals surface area contributed by atoms with Crippen molar-refractivity contribution in [3.63, 3.8) is 0 Å². The first-order valence-electron chi connectivity index (χ1n) is 5.54. The predicted molar refractivity (Wildman–Crippen MR) is 81.1 cm³/mol. The van der Waals surface area contributed by atoms with Crippen LogP contribution in [0.3, 0.4) is 0 Å². The number of hydrogen-bond donors (Lipinski definition) is 2. The lowest BCUT2D eigenvalue weighted by atomic mass is 10.2. The first-order valence-corrected chi connectivity index (χ1v) is 6.62. The Morgan fingerprint density at radius 2 is 2.06 bits per heavy atom. The number of halogens is 1. The highest BCUT2D eigenvalue weighted by atomic mass is 127. The topological polar surface area (TPSA) is 41.5 Å². The zero-order valence-corrected chi connectivity index (χ0v) is 12.1. The van der Waals surface area contributed by atoms with Crippen LogP contribution < -0.4 is 10.1 Å². The molecule has 4 heteroatoms. The third-order valence-corrected chi connectivity index (χ3v) is 3.27. The highest BCUT2D eigenvalue weighted by Crippen LogP contribution is 2.24. The average Bonchev–Trinajstić information content (AvgIpc) is 2.37. The second-order valence-electron chi connectivity index (χ2n) is 3.86. The van der Waals surface area contributed by atoms with E-state index < -0.39 is 0 Å². The molecule has 2 aromatic carbocycles. The molecule has 0 fully saturated rings. The number of hydrogen-bond acceptors (Lipinski definition) is 3. The summed E-state index contributed by atoms with van der Waals surface area (Å²) in [5.74, 6) is 0.901.